The summed E-state index contributed by atoms with van der Waals surface area (Å²) in [4.78, 5) is 29.1. The van der Waals surface area contributed by atoms with Crippen LogP contribution in [-0.4, -0.2) is 28.8 Å². The van der Waals surface area contributed by atoms with Crippen molar-refractivity contribution in [3.8, 4) is 0 Å². The Labute approximate surface area is 224 Å². The van der Waals surface area contributed by atoms with Crippen LogP contribution in [0.3, 0.4) is 0 Å². The summed E-state index contributed by atoms with van der Waals surface area (Å²) in [6.07, 6.45) is 1.34. The summed E-state index contributed by atoms with van der Waals surface area (Å²) in [6, 6.07) is 20.3. The molecule has 0 saturated carbocycles. The van der Waals surface area contributed by atoms with Crippen molar-refractivity contribution in [1.82, 2.24) is 10.2 Å². The maximum absolute atomic E-state index is 13.9. The van der Waals surface area contributed by atoms with Crippen molar-refractivity contribution in [2.75, 3.05) is 0 Å². The van der Waals surface area contributed by atoms with E-state index in [1.807, 2.05) is 76.2 Å². The van der Waals surface area contributed by atoms with Crippen molar-refractivity contribution < 1.29 is 9.59 Å². The number of carbonyl (C=O) groups is 2. The van der Waals surface area contributed by atoms with Gasteiger partial charge in [0.25, 0.3) is 0 Å². The molecule has 0 fully saturated rings. The quantitative estimate of drug-likeness (QED) is 0.320. The standard InChI is InChI=1S/C30H34Cl2N2O2/c1-5-22(4)33-30(36)28(17-23-10-7-6-8-11-23)34(19-25-26(31)12-9-13-27(25)32)29(35)18-24-15-14-20(2)21(3)16-24/h6-16,22,28H,5,17-19H2,1-4H3,(H,33,36)/t22-,28-/m0/s1. The predicted octanol–water partition coefficient (Wildman–Crippen LogP) is 6.71. The zero-order chi connectivity index (χ0) is 26.2. The second-order valence-electron chi connectivity index (χ2n) is 9.34. The van der Waals surface area contributed by atoms with Gasteiger partial charge in [-0.25, -0.2) is 0 Å². The van der Waals surface area contributed by atoms with Crippen LogP contribution >= 0.6 is 23.2 Å². The number of halogens is 2. The molecule has 0 aliphatic heterocycles. The van der Waals surface area contributed by atoms with Gasteiger partial charge in [0.2, 0.25) is 11.8 Å². The Morgan fingerprint density at radius 2 is 1.56 bits per heavy atom. The van der Waals surface area contributed by atoms with Gasteiger partial charge in [0.05, 0.1) is 6.42 Å². The molecule has 3 aromatic carbocycles. The van der Waals surface area contributed by atoms with E-state index in [4.69, 9.17) is 23.2 Å². The number of hydrogen-bond acceptors (Lipinski definition) is 2. The molecule has 3 aromatic rings. The molecule has 3 rings (SSSR count). The van der Waals surface area contributed by atoms with E-state index < -0.39 is 6.04 Å². The van der Waals surface area contributed by atoms with Gasteiger partial charge >= 0.3 is 0 Å². The minimum Gasteiger partial charge on any atom is -0.352 e. The largest absolute Gasteiger partial charge is 0.352 e. The van der Waals surface area contributed by atoms with Crippen LogP contribution in [0.2, 0.25) is 10.0 Å². The average Bonchev–Trinajstić information content (AvgIpc) is 2.85. The lowest BCUT2D eigenvalue weighted by molar-refractivity contribution is -0.141. The minimum atomic E-state index is -0.729. The zero-order valence-corrected chi connectivity index (χ0v) is 22.9. The highest BCUT2D eigenvalue weighted by Crippen LogP contribution is 2.28. The van der Waals surface area contributed by atoms with E-state index >= 15 is 0 Å². The van der Waals surface area contributed by atoms with Crippen LogP contribution < -0.4 is 5.32 Å². The van der Waals surface area contributed by atoms with E-state index in [2.05, 4.69) is 5.32 Å². The fraction of sp³-hybridized carbons (Fsp3) is 0.333. The van der Waals surface area contributed by atoms with E-state index in [1.54, 1.807) is 23.1 Å². The van der Waals surface area contributed by atoms with E-state index in [9.17, 15) is 9.59 Å². The Hall–Kier alpha value is -2.82. The van der Waals surface area contributed by atoms with Gasteiger partial charge < -0.3 is 10.2 Å². The van der Waals surface area contributed by atoms with Crippen molar-refractivity contribution >= 4 is 35.0 Å². The number of aryl methyl sites for hydroxylation is 2. The van der Waals surface area contributed by atoms with E-state index in [-0.39, 0.29) is 30.8 Å². The molecule has 6 heteroatoms. The molecule has 0 aliphatic carbocycles. The molecular weight excluding hydrogens is 491 g/mol. The summed E-state index contributed by atoms with van der Waals surface area (Å²) in [5, 5.41) is 4.01. The molecule has 0 radical (unpaired) electrons. The Morgan fingerprint density at radius 1 is 0.889 bits per heavy atom. The number of nitrogens with one attached hydrogen (secondary N) is 1. The summed E-state index contributed by atoms with van der Waals surface area (Å²) >= 11 is 13.0. The summed E-state index contributed by atoms with van der Waals surface area (Å²) in [6.45, 7) is 8.19. The molecule has 0 aromatic heterocycles. The van der Waals surface area contributed by atoms with Crippen molar-refractivity contribution in [1.29, 1.82) is 0 Å². The lowest BCUT2D eigenvalue weighted by Crippen LogP contribution is -2.52. The maximum Gasteiger partial charge on any atom is 0.243 e. The first-order valence-electron chi connectivity index (χ1n) is 12.3. The maximum atomic E-state index is 13.9. The number of rotatable bonds is 10. The molecule has 0 heterocycles. The van der Waals surface area contributed by atoms with Crippen LogP contribution in [0.4, 0.5) is 0 Å². The van der Waals surface area contributed by atoms with Crippen molar-refractivity contribution in [2.24, 2.45) is 0 Å². The highest BCUT2D eigenvalue weighted by atomic mass is 35.5. The van der Waals surface area contributed by atoms with Gasteiger partial charge in [-0.15, -0.1) is 0 Å². The Kier molecular flexibility index (Phi) is 9.98. The zero-order valence-electron chi connectivity index (χ0n) is 21.4. The fourth-order valence-electron chi connectivity index (χ4n) is 4.04. The van der Waals surface area contributed by atoms with Crippen LogP contribution in [0.1, 0.15) is 48.1 Å². The summed E-state index contributed by atoms with van der Waals surface area (Å²) in [5.41, 5.74) is 4.79. The first kappa shape index (κ1) is 27.8. The van der Waals surface area contributed by atoms with Gasteiger partial charge in [-0.2, -0.15) is 0 Å². The van der Waals surface area contributed by atoms with Gasteiger partial charge in [0.15, 0.2) is 0 Å². The summed E-state index contributed by atoms with van der Waals surface area (Å²) < 4.78 is 0. The Bertz CT molecular complexity index is 1180. The van der Waals surface area contributed by atoms with Crippen LogP contribution in [0, 0.1) is 13.8 Å². The normalized spacial score (nSPS) is 12.6. The van der Waals surface area contributed by atoms with Gasteiger partial charge in [-0.3, -0.25) is 9.59 Å². The van der Waals surface area contributed by atoms with Gasteiger partial charge in [0.1, 0.15) is 6.04 Å². The molecule has 36 heavy (non-hydrogen) atoms. The number of benzene rings is 3. The molecule has 190 valence electrons. The van der Waals surface area contributed by atoms with Crippen LogP contribution in [0.25, 0.3) is 0 Å². The highest BCUT2D eigenvalue weighted by Gasteiger charge is 2.32. The topological polar surface area (TPSA) is 49.4 Å². The summed E-state index contributed by atoms with van der Waals surface area (Å²) in [7, 11) is 0. The van der Waals surface area contributed by atoms with Gasteiger partial charge in [-0.05, 0) is 61.6 Å². The first-order chi connectivity index (χ1) is 17.2. The monoisotopic (exact) mass is 524 g/mol. The third kappa shape index (κ3) is 7.35. The molecule has 0 saturated heterocycles. The predicted molar refractivity (Wildman–Crippen MR) is 148 cm³/mol. The molecular formula is C30H34Cl2N2O2. The van der Waals surface area contributed by atoms with E-state index in [1.165, 1.54) is 5.56 Å². The smallest absolute Gasteiger partial charge is 0.243 e. The van der Waals surface area contributed by atoms with Gasteiger partial charge in [0, 0.05) is 34.6 Å². The molecule has 2 amide bonds. The lowest BCUT2D eigenvalue weighted by Gasteiger charge is -2.33. The highest BCUT2D eigenvalue weighted by molar-refractivity contribution is 6.36. The number of carbonyl (C=O) groups excluding carboxylic acids is 2. The van der Waals surface area contributed by atoms with Gasteiger partial charge in [-0.1, -0.05) is 84.7 Å². The molecule has 2 atom stereocenters. The van der Waals surface area contributed by atoms with Crippen LogP contribution in [-0.2, 0) is 29.0 Å². The summed E-state index contributed by atoms with van der Waals surface area (Å²) in [5.74, 6) is -0.348. The van der Waals surface area contributed by atoms with Crippen molar-refractivity contribution in [3.63, 3.8) is 0 Å². The minimum absolute atomic E-state index is 0.0172. The molecule has 0 unspecified atom stereocenters. The SMILES string of the molecule is CC[C@H](C)NC(=O)[C@H](Cc1ccccc1)N(Cc1c(Cl)cccc1Cl)C(=O)Cc1ccc(C)c(C)c1. The van der Waals surface area contributed by atoms with Crippen LogP contribution in [0.15, 0.2) is 66.7 Å². The third-order valence-electron chi connectivity index (χ3n) is 6.59. The number of amides is 2. The van der Waals surface area contributed by atoms with Crippen molar-refractivity contribution in [2.45, 2.75) is 65.6 Å². The molecule has 1 N–H and O–H groups in total. The van der Waals surface area contributed by atoms with E-state index in [0.29, 0.717) is 22.0 Å². The molecule has 0 bridgehead atoms. The number of hydrogen-bond donors (Lipinski definition) is 1. The Morgan fingerprint density at radius 3 is 2.17 bits per heavy atom. The fourth-order valence-corrected chi connectivity index (χ4v) is 4.56. The second kappa shape index (κ2) is 12.9. The second-order valence-corrected chi connectivity index (χ2v) is 10.2. The average molecular weight is 526 g/mol. The number of nitrogens with zero attached hydrogens (tertiary/aromatic N) is 1. The molecule has 4 nitrogen and oxygen atoms in total. The first-order valence-corrected chi connectivity index (χ1v) is 13.1. The molecule has 0 aliphatic rings. The van der Waals surface area contributed by atoms with Crippen molar-refractivity contribution in [3.05, 3.63) is 105 Å². The lowest BCUT2D eigenvalue weighted by atomic mass is 10.00. The van der Waals surface area contributed by atoms with Crippen LogP contribution in [0.5, 0.6) is 0 Å². The van der Waals surface area contributed by atoms with E-state index in [0.717, 1.165) is 23.1 Å². The Balaban J connectivity index is 2.03. The third-order valence-corrected chi connectivity index (χ3v) is 7.30. The molecule has 0 spiro atoms.